The summed E-state index contributed by atoms with van der Waals surface area (Å²) in [6.07, 6.45) is 4.84. The van der Waals surface area contributed by atoms with Crippen molar-refractivity contribution in [2.45, 2.75) is 38.8 Å². The van der Waals surface area contributed by atoms with Crippen molar-refractivity contribution >= 4 is 21.7 Å². The highest BCUT2D eigenvalue weighted by atomic mass is 16.5. The van der Waals surface area contributed by atoms with Gasteiger partial charge in [0, 0.05) is 36.6 Å². The molecule has 3 heterocycles. The molecule has 0 amide bonds. The van der Waals surface area contributed by atoms with Gasteiger partial charge in [-0.2, -0.15) is 5.10 Å². The van der Waals surface area contributed by atoms with E-state index in [1.54, 1.807) is 0 Å². The van der Waals surface area contributed by atoms with Crippen molar-refractivity contribution < 1.29 is 4.74 Å². The van der Waals surface area contributed by atoms with Gasteiger partial charge >= 0.3 is 0 Å². The number of piperidine rings is 1. The number of pyridine rings is 1. The summed E-state index contributed by atoms with van der Waals surface area (Å²) >= 11 is 0. The summed E-state index contributed by atoms with van der Waals surface area (Å²) in [4.78, 5) is 17.3. The van der Waals surface area contributed by atoms with Crippen LogP contribution in [0.1, 0.15) is 31.0 Å². The molecule has 0 spiro atoms. The Morgan fingerprint density at radius 2 is 1.93 bits per heavy atom. The molecule has 0 atom stereocenters. The lowest BCUT2D eigenvalue weighted by Gasteiger charge is -2.31. The number of ether oxygens (including phenoxy) is 1. The van der Waals surface area contributed by atoms with Crippen LogP contribution in [-0.2, 0) is 13.0 Å². The number of nitrogens with one attached hydrogen (secondary N) is 2. The molecule has 6 heteroatoms. The van der Waals surface area contributed by atoms with Gasteiger partial charge in [-0.15, -0.1) is 0 Å². The first-order valence-corrected chi connectivity index (χ1v) is 10.7. The number of para-hydroxylation sites is 1. The summed E-state index contributed by atoms with van der Waals surface area (Å²) in [5.74, 6) is 0.847. The number of aromatic amines is 2. The number of fused-ring (bicyclic) bond motifs is 2. The van der Waals surface area contributed by atoms with Crippen LogP contribution >= 0.6 is 0 Å². The Balaban J connectivity index is 1.24. The predicted molar refractivity (Wildman–Crippen MR) is 119 cm³/mol. The Bertz CT molecular complexity index is 1230. The van der Waals surface area contributed by atoms with Gasteiger partial charge in [-0.25, -0.2) is 0 Å². The van der Waals surface area contributed by atoms with Crippen LogP contribution < -0.4 is 10.3 Å². The van der Waals surface area contributed by atoms with Crippen molar-refractivity contribution in [1.29, 1.82) is 0 Å². The first-order chi connectivity index (χ1) is 14.7. The lowest BCUT2D eigenvalue weighted by Crippen LogP contribution is -2.37. The summed E-state index contributed by atoms with van der Waals surface area (Å²) in [6.45, 7) is 4.92. The predicted octanol–water partition coefficient (Wildman–Crippen LogP) is 4.01. The van der Waals surface area contributed by atoms with Crippen molar-refractivity contribution in [2.75, 3.05) is 13.1 Å². The van der Waals surface area contributed by atoms with E-state index in [2.05, 4.69) is 45.2 Å². The van der Waals surface area contributed by atoms with Gasteiger partial charge in [0.1, 0.15) is 11.9 Å². The molecule has 1 aliphatic heterocycles. The molecular formula is C24H26N4O2. The number of benzene rings is 2. The molecule has 5 rings (SSSR count). The van der Waals surface area contributed by atoms with Crippen LogP contribution in [0.4, 0.5) is 0 Å². The lowest BCUT2D eigenvalue weighted by atomic mass is 10.0. The van der Waals surface area contributed by atoms with Crippen molar-refractivity contribution in [3.63, 3.8) is 0 Å². The largest absolute Gasteiger partial charge is 0.490 e. The van der Waals surface area contributed by atoms with Crippen LogP contribution in [0.15, 0.2) is 53.5 Å². The highest BCUT2D eigenvalue weighted by molar-refractivity contribution is 5.86. The number of H-pyrrole nitrogens is 2. The molecule has 0 aliphatic carbocycles. The molecule has 2 aromatic carbocycles. The first kappa shape index (κ1) is 18.9. The Labute approximate surface area is 174 Å². The zero-order valence-corrected chi connectivity index (χ0v) is 17.1. The van der Waals surface area contributed by atoms with E-state index in [4.69, 9.17) is 4.74 Å². The fourth-order valence-corrected chi connectivity index (χ4v) is 4.39. The Morgan fingerprint density at radius 3 is 2.77 bits per heavy atom. The van der Waals surface area contributed by atoms with Crippen molar-refractivity contribution in [2.24, 2.45) is 0 Å². The molecule has 2 N–H and O–H groups in total. The van der Waals surface area contributed by atoms with Gasteiger partial charge in [-0.05, 0) is 54.5 Å². The third-order valence-corrected chi connectivity index (χ3v) is 6.10. The Kier molecular flexibility index (Phi) is 5.01. The Hall–Kier alpha value is -3.12. The highest BCUT2D eigenvalue weighted by Gasteiger charge is 2.22. The number of aryl methyl sites for hydroxylation is 1. The molecule has 2 aromatic heterocycles. The summed E-state index contributed by atoms with van der Waals surface area (Å²) in [6, 6.07) is 14.1. The molecule has 1 fully saturated rings. The Morgan fingerprint density at radius 1 is 1.10 bits per heavy atom. The highest BCUT2D eigenvalue weighted by Crippen LogP contribution is 2.26. The second-order valence-electron chi connectivity index (χ2n) is 8.01. The van der Waals surface area contributed by atoms with Crippen molar-refractivity contribution in [3.05, 3.63) is 70.3 Å². The van der Waals surface area contributed by atoms with Crippen molar-refractivity contribution in [3.8, 4) is 5.75 Å². The molecule has 30 heavy (non-hydrogen) atoms. The molecule has 1 saturated heterocycles. The van der Waals surface area contributed by atoms with E-state index < -0.39 is 0 Å². The quantitative estimate of drug-likeness (QED) is 0.529. The van der Waals surface area contributed by atoms with Gasteiger partial charge in [0.05, 0.1) is 11.2 Å². The van der Waals surface area contributed by atoms with Gasteiger partial charge in [-0.1, -0.05) is 25.1 Å². The van der Waals surface area contributed by atoms with Gasteiger partial charge in [0.2, 0.25) is 0 Å². The molecular weight excluding hydrogens is 376 g/mol. The summed E-state index contributed by atoms with van der Waals surface area (Å²) in [5.41, 5.74) is 3.29. The van der Waals surface area contributed by atoms with E-state index in [9.17, 15) is 4.79 Å². The van der Waals surface area contributed by atoms with Crippen LogP contribution in [0, 0.1) is 0 Å². The van der Waals surface area contributed by atoms with Crippen LogP contribution in [0.3, 0.4) is 0 Å². The maximum Gasteiger partial charge on any atom is 0.255 e. The zero-order chi connectivity index (χ0) is 20.5. The molecule has 0 bridgehead atoms. The summed E-state index contributed by atoms with van der Waals surface area (Å²) < 4.78 is 6.30. The summed E-state index contributed by atoms with van der Waals surface area (Å²) in [5, 5.41) is 10.5. The SMILES string of the molecule is CCc1c[nH]c(=O)c2ccc(OC3CCN(Cc4n[nH]c5ccccc45)CC3)cc12. The van der Waals surface area contributed by atoms with E-state index >= 15 is 0 Å². The molecule has 0 unspecified atom stereocenters. The topological polar surface area (TPSA) is 74.0 Å². The molecule has 0 radical (unpaired) electrons. The standard InChI is InChI=1S/C24H26N4O2/c1-2-16-14-25-24(29)19-8-7-18(13-21(16)19)30-17-9-11-28(12-10-17)15-23-20-5-3-4-6-22(20)26-27-23/h3-8,13-14,17H,2,9-12,15H2,1H3,(H,25,29)(H,26,27). The van der Waals surface area contributed by atoms with E-state index in [0.29, 0.717) is 0 Å². The maximum atomic E-state index is 12.1. The lowest BCUT2D eigenvalue weighted by molar-refractivity contribution is 0.0964. The number of likely N-dealkylation sites (tertiary alicyclic amines) is 1. The van der Waals surface area contributed by atoms with Gasteiger partial charge in [0.15, 0.2) is 0 Å². The average molecular weight is 402 g/mol. The van der Waals surface area contributed by atoms with E-state index in [1.165, 1.54) is 5.39 Å². The number of rotatable bonds is 5. The van der Waals surface area contributed by atoms with Crippen molar-refractivity contribution in [1.82, 2.24) is 20.1 Å². The maximum absolute atomic E-state index is 12.1. The molecule has 4 aromatic rings. The molecule has 1 aliphatic rings. The second-order valence-corrected chi connectivity index (χ2v) is 8.01. The normalized spacial score (nSPS) is 15.8. The van der Waals surface area contributed by atoms with Crippen LogP contribution in [0.5, 0.6) is 5.75 Å². The van der Waals surface area contributed by atoms with Crippen LogP contribution in [0.2, 0.25) is 0 Å². The second kappa shape index (κ2) is 7.95. The number of hydrogen-bond acceptors (Lipinski definition) is 4. The van der Waals surface area contributed by atoms with Gasteiger partial charge in [-0.3, -0.25) is 14.8 Å². The first-order valence-electron chi connectivity index (χ1n) is 10.7. The van der Waals surface area contributed by atoms with Crippen LogP contribution in [-0.4, -0.2) is 39.3 Å². The summed E-state index contributed by atoms with van der Waals surface area (Å²) in [7, 11) is 0. The van der Waals surface area contributed by atoms with E-state index in [1.807, 2.05) is 30.5 Å². The van der Waals surface area contributed by atoms with E-state index in [-0.39, 0.29) is 11.7 Å². The van der Waals surface area contributed by atoms with Gasteiger partial charge < -0.3 is 9.72 Å². The minimum Gasteiger partial charge on any atom is -0.490 e. The van der Waals surface area contributed by atoms with Gasteiger partial charge in [0.25, 0.3) is 5.56 Å². The minimum absolute atomic E-state index is 0.0482. The fraction of sp³-hybridized carbons (Fsp3) is 0.333. The number of hydrogen-bond donors (Lipinski definition) is 2. The molecule has 6 nitrogen and oxygen atoms in total. The molecule has 0 saturated carbocycles. The fourth-order valence-electron chi connectivity index (χ4n) is 4.39. The minimum atomic E-state index is -0.0482. The number of nitrogens with zero attached hydrogens (tertiary/aromatic N) is 2. The average Bonchev–Trinajstić information content (AvgIpc) is 3.18. The smallest absolute Gasteiger partial charge is 0.255 e. The monoisotopic (exact) mass is 402 g/mol. The zero-order valence-electron chi connectivity index (χ0n) is 17.1. The van der Waals surface area contributed by atoms with E-state index in [0.717, 1.165) is 72.2 Å². The third kappa shape index (κ3) is 3.59. The number of aromatic nitrogens is 3. The third-order valence-electron chi connectivity index (χ3n) is 6.10. The molecule has 154 valence electrons. The van der Waals surface area contributed by atoms with Crippen LogP contribution in [0.25, 0.3) is 21.7 Å².